The molecule has 0 aliphatic carbocycles. The Hall–Kier alpha value is -3.28. The van der Waals surface area contributed by atoms with Gasteiger partial charge >= 0.3 is 5.97 Å². The van der Waals surface area contributed by atoms with Gasteiger partial charge in [-0.1, -0.05) is 24.3 Å². The Kier molecular flexibility index (Phi) is 4.93. The monoisotopic (exact) mass is 354 g/mol. The zero-order chi connectivity index (χ0) is 18.7. The Morgan fingerprint density at radius 1 is 1.12 bits per heavy atom. The quantitative estimate of drug-likeness (QED) is 0.708. The molecule has 0 aliphatic rings. The minimum atomic E-state index is -0.675. The third-order valence-electron chi connectivity index (χ3n) is 4.23. The van der Waals surface area contributed by atoms with Crippen LogP contribution >= 0.6 is 0 Å². The molecule has 1 atom stereocenters. The Morgan fingerprint density at radius 3 is 2.46 bits per heavy atom. The number of hydrogen-bond acceptors (Lipinski definition) is 6. The van der Waals surface area contributed by atoms with Crippen LogP contribution in [0.4, 0.5) is 0 Å². The highest BCUT2D eigenvalue weighted by Gasteiger charge is 2.27. The van der Waals surface area contributed by atoms with Crippen LogP contribution in [0.25, 0.3) is 11.0 Å². The van der Waals surface area contributed by atoms with E-state index in [2.05, 4.69) is 0 Å². The van der Waals surface area contributed by atoms with Gasteiger partial charge in [0, 0.05) is 0 Å². The van der Waals surface area contributed by atoms with E-state index >= 15 is 0 Å². The van der Waals surface area contributed by atoms with Gasteiger partial charge in [0.2, 0.25) is 11.2 Å². The summed E-state index contributed by atoms with van der Waals surface area (Å²) in [6, 6.07) is 13.6. The van der Waals surface area contributed by atoms with Gasteiger partial charge in [-0.3, -0.25) is 9.59 Å². The largest absolute Gasteiger partial charge is 0.502 e. The van der Waals surface area contributed by atoms with E-state index in [0.717, 1.165) is 0 Å². The fraction of sp³-hybridized carbons (Fsp3) is 0.200. The number of aromatic hydroxyl groups is 1. The SMILES string of the molecule is COC(=O)CC(c1ccc(OC)cc1)c1oc2ccccc2c(=O)c1O. The molecule has 0 aliphatic heterocycles. The predicted octanol–water partition coefficient (Wildman–Crippen LogP) is 3.20. The number of esters is 1. The molecule has 0 saturated heterocycles. The highest BCUT2D eigenvalue weighted by atomic mass is 16.5. The number of ether oxygens (including phenoxy) is 2. The van der Waals surface area contributed by atoms with Gasteiger partial charge in [0.25, 0.3) is 0 Å². The molecule has 1 heterocycles. The van der Waals surface area contributed by atoms with E-state index < -0.39 is 23.1 Å². The van der Waals surface area contributed by atoms with Crippen molar-refractivity contribution < 1.29 is 23.8 Å². The van der Waals surface area contributed by atoms with E-state index in [1.807, 2.05) is 0 Å². The van der Waals surface area contributed by atoms with Crippen LogP contribution in [0.5, 0.6) is 11.5 Å². The van der Waals surface area contributed by atoms with E-state index in [4.69, 9.17) is 13.9 Å². The first-order chi connectivity index (χ1) is 12.5. The molecule has 0 amide bonds. The van der Waals surface area contributed by atoms with Crippen LogP contribution in [0.2, 0.25) is 0 Å². The number of carbonyl (C=O) groups is 1. The molecule has 6 heteroatoms. The number of benzene rings is 2. The molecule has 0 radical (unpaired) electrons. The minimum absolute atomic E-state index is 0.0317. The number of para-hydroxylation sites is 1. The summed E-state index contributed by atoms with van der Waals surface area (Å²) in [5.41, 5.74) is 0.490. The molecule has 134 valence electrons. The summed E-state index contributed by atoms with van der Waals surface area (Å²) < 4.78 is 15.7. The molecule has 3 rings (SSSR count). The highest BCUT2D eigenvalue weighted by Crippen LogP contribution is 2.35. The molecule has 0 fully saturated rings. The van der Waals surface area contributed by atoms with Crippen LogP contribution in [-0.2, 0) is 9.53 Å². The first-order valence-corrected chi connectivity index (χ1v) is 8.00. The summed E-state index contributed by atoms with van der Waals surface area (Å²) in [4.78, 5) is 24.4. The number of rotatable bonds is 5. The summed E-state index contributed by atoms with van der Waals surface area (Å²) >= 11 is 0. The average molecular weight is 354 g/mol. The Labute approximate surface area is 149 Å². The highest BCUT2D eigenvalue weighted by molar-refractivity contribution is 5.78. The van der Waals surface area contributed by atoms with Gasteiger partial charge < -0.3 is 19.0 Å². The number of fused-ring (bicyclic) bond motifs is 1. The van der Waals surface area contributed by atoms with E-state index in [1.54, 1.807) is 55.6 Å². The summed E-state index contributed by atoms with van der Waals surface area (Å²) in [6.45, 7) is 0. The van der Waals surface area contributed by atoms with Gasteiger partial charge in [0.15, 0.2) is 5.76 Å². The molecule has 3 aromatic rings. The van der Waals surface area contributed by atoms with Gasteiger partial charge in [-0.15, -0.1) is 0 Å². The smallest absolute Gasteiger partial charge is 0.306 e. The van der Waals surface area contributed by atoms with Gasteiger partial charge in [-0.2, -0.15) is 0 Å². The maximum Gasteiger partial charge on any atom is 0.306 e. The summed E-state index contributed by atoms with van der Waals surface area (Å²) in [5, 5.41) is 10.7. The second kappa shape index (κ2) is 7.31. The maximum atomic E-state index is 12.5. The van der Waals surface area contributed by atoms with Crippen LogP contribution in [0.15, 0.2) is 57.7 Å². The van der Waals surface area contributed by atoms with Crippen molar-refractivity contribution in [1.82, 2.24) is 0 Å². The normalized spacial score (nSPS) is 11.9. The Morgan fingerprint density at radius 2 is 1.81 bits per heavy atom. The van der Waals surface area contributed by atoms with Gasteiger partial charge in [-0.05, 0) is 29.8 Å². The maximum absolute atomic E-state index is 12.5. The first kappa shape index (κ1) is 17.5. The van der Waals surface area contributed by atoms with Gasteiger partial charge in [0.1, 0.15) is 11.3 Å². The lowest BCUT2D eigenvalue weighted by atomic mass is 9.92. The van der Waals surface area contributed by atoms with Crippen LogP contribution in [0.3, 0.4) is 0 Å². The van der Waals surface area contributed by atoms with Crippen molar-refractivity contribution in [3.05, 3.63) is 70.1 Å². The minimum Gasteiger partial charge on any atom is -0.502 e. The third kappa shape index (κ3) is 3.26. The molecular weight excluding hydrogens is 336 g/mol. The van der Waals surface area contributed by atoms with Crippen LogP contribution in [0, 0.1) is 0 Å². The van der Waals surface area contributed by atoms with Crippen molar-refractivity contribution in [2.24, 2.45) is 0 Å². The lowest BCUT2D eigenvalue weighted by Crippen LogP contribution is -2.13. The lowest BCUT2D eigenvalue weighted by molar-refractivity contribution is -0.140. The fourth-order valence-corrected chi connectivity index (χ4v) is 2.83. The molecule has 1 aromatic heterocycles. The molecule has 26 heavy (non-hydrogen) atoms. The van der Waals surface area contributed by atoms with Crippen molar-refractivity contribution in [3.63, 3.8) is 0 Å². The zero-order valence-corrected chi connectivity index (χ0v) is 14.4. The second-order valence-corrected chi connectivity index (χ2v) is 5.75. The van der Waals surface area contributed by atoms with Crippen LogP contribution < -0.4 is 10.2 Å². The Balaban J connectivity index is 2.17. The lowest BCUT2D eigenvalue weighted by Gasteiger charge is -2.17. The van der Waals surface area contributed by atoms with Crippen LogP contribution in [0.1, 0.15) is 23.7 Å². The third-order valence-corrected chi connectivity index (χ3v) is 4.23. The fourth-order valence-electron chi connectivity index (χ4n) is 2.83. The van der Waals surface area contributed by atoms with E-state index in [1.165, 1.54) is 7.11 Å². The number of methoxy groups -OCH3 is 2. The molecular formula is C20H18O6. The van der Waals surface area contributed by atoms with Crippen molar-refractivity contribution in [2.45, 2.75) is 12.3 Å². The summed E-state index contributed by atoms with van der Waals surface area (Å²) in [7, 11) is 2.83. The first-order valence-electron chi connectivity index (χ1n) is 8.00. The number of hydrogen-bond donors (Lipinski definition) is 1. The van der Waals surface area contributed by atoms with E-state index in [9.17, 15) is 14.7 Å². The average Bonchev–Trinajstić information content (AvgIpc) is 2.69. The standard InChI is InChI=1S/C20H18O6/c1-24-13-9-7-12(8-10-13)15(11-17(21)25-2)20-19(23)18(22)14-5-3-4-6-16(14)26-20/h3-10,15,23H,11H2,1-2H3. The van der Waals surface area contributed by atoms with Crippen molar-refractivity contribution in [3.8, 4) is 11.5 Å². The van der Waals surface area contributed by atoms with E-state index in [0.29, 0.717) is 16.9 Å². The summed E-state index contributed by atoms with van der Waals surface area (Å²) in [6.07, 6.45) is -0.0856. The van der Waals surface area contributed by atoms with Gasteiger partial charge in [0.05, 0.1) is 31.9 Å². The van der Waals surface area contributed by atoms with Crippen molar-refractivity contribution in [2.75, 3.05) is 14.2 Å². The van der Waals surface area contributed by atoms with Crippen LogP contribution in [-0.4, -0.2) is 25.3 Å². The second-order valence-electron chi connectivity index (χ2n) is 5.75. The molecule has 0 bridgehead atoms. The molecule has 0 saturated carbocycles. The topological polar surface area (TPSA) is 86.0 Å². The number of carbonyl (C=O) groups excluding carboxylic acids is 1. The zero-order valence-electron chi connectivity index (χ0n) is 14.4. The molecule has 1 N–H and O–H groups in total. The molecule has 0 spiro atoms. The summed E-state index contributed by atoms with van der Waals surface area (Å²) in [5.74, 6) is -0.987. The molecule has 2 aromatic carbocycles. The van der Waals surface area contributed by atoms with E-state index in [-0.39, 0.29) is 17.6 Å². The Bertz CT molecular complexity index is 987. The molecule has 6 nitrogen and oxygen atoms in total. The van der Waals surface area contributed by atoms with Gasteiger partial charge in [-0.25, -0.2) is 0 Å². The predicted molar refractivity (Wildman–Crippen MR) is 95.6 cm³/mol. The molecule has 1 unspecified atom stereocenters. The van der Waals surface area contributed by atoms with Crippen molar-refractivity contribution in [1.29, 1.82) is 0 Å². The van der Waals surface area contributed by atoms with Crippen molar-refractivity contribution >= 4 is 16.9 Å².